The number of aromatic nitrogens is 2. The van der Waals surface area contributed by atoms with Crippen LogP contribution in [0.15, 0.2) is 32.4 Å². The van der Waals surface area contributed by atoms with Crippen molar-refractivity contribution >= 4 is 39.8 Å². The molecule has 0 radical (unpaired) electrons. The number of benzene rings is 1. The maximum Gasteiger partial charge on any atom is 0.288 e. The molecule has 0 spiro atoms. The van der Waals surface area contributed by atoms with Crippen LogP contribution in [0.4, 0.5) is 11.5 Å². The fourth-order valence-electron chi connectivity index (χ4n) is 3.93. The first-order chi connectivity index (χ1) is 14.4. The van der Waals surface area contributed by atoms with Crippen LogP contribution < -0.4 is 17.0 Å². The number of anilines is 2. The number of nitrogens with zero attached hydrogens (tertiary/aromatic N) is 3. The predicted molar refractivity (Wildman–Crippen MR) is 120 cm³/mol. The Morgan fingerprint density at radius 2 is 2.10 bits per heavy atom. The second-order valence-electron chi connectivity index (χ2n) is 7.57. The third kappa shape index (κ3) is 3.68. The summed E-state index contributed by atoms with van der Waals surface area (Å²) >= 11 is 6.18. The molecular formula is C21H25ClN6O2. The van der Waals surface area contributed by atoms with E-state index in [0.717, 1.165) is 43.4 Å². The van der Waals surface area contributed by atoms with Gasteiger partial charge in [0.05, 0.1) is 11.6 Å². The van der Waals surface area contributed by atoms with Crippen LogP contribution in [0, 0.1) is 6.92 Å². The van der Waals surface area contributed by atoms with Gasteiger partial charge in [0.1, 0.15) is 17.0 Å². The lowest BCUT2D eigenvalue weighted by Crippen LogP contribution is -2.35. The van der Waals surface area contributed by atoms with Crippen LogP contribution in [0.3, 0.4) is 0 Å². The van der Waals surface area contributed by atoms with E-state index in [4.69, 9.17) is 32.5 Å². The molecule has 1 aliphatic heterocycles. The number of aromatic amines is 1. The van der Waals surface area contributed by atoms with Gasteiger partial charge in [0.25, 0.3) is 5.56 Å². The van der Waals surface area contributed by atoms with Crippen molar-refractivity contribution in [1.82, 2.24) is 15.1 Å². The van der Waals surface area contributed by atoms with Crippen LogP contribution in [0.1, 0.15) is 36.7 Å². The number of halogens is 1. The van der Waals surface area contributed by atoms with Gasteiger partial charge in [-0.05, 0) is 44.5 Å². The van der Waals surface area contributed by atoms with E-state index in [0.29, 0.717) is 27.6 Å². The van der Waals surface area contributed by atoms with Gasteiger partial charge in [0.2, 0.25) is 0 Å². The van der Waals surface area contributed by atoms with Gasteiger partial charge in [-0.25, -0.2) is 5.10 Å². The van der Waals surface area contributed by atoms with Crippen molar-refractivity contribution in [2.24, 2.45) is 4.99 Å². The van der Waals surface area contributed by atoms with Gasteiger partial charge < -0.3 is 20.8 Å². The average Bonchev–Trinajstić information content (AvgIpc) is 3.06. The second kappa shape index (κ2) is 8.12. The number of hydrogen-bond donors (Lipinski definition) is 3. The standard InChI is InChI=1S/C21H25ClN6O2/c1-3-28-8-6-13(7-9-28)25-18(16-17(23)21(29)27-26-20(16)24)19-11(2)14-10-12(22)4-5-15(14)30-19/h4-5,10,13H,3,6-9H2,1-2H3,(H,27,29)(H4,23,24,26). The highest BCUT2D eigenvalue weighted by atomic mass is 35.5. The Morgan fingerprint density at radius 1 is 1.37 bits per heavy atom. The zero-order valence-electron chi connectivity index (χ0n) is 17.0. The molecule has 4 rings (SSSR count). The van der Waals surface area contributed by atoms with E-state index in [2.05, 4.69) is 22.0 Å². The normalized spacial score (nSPS) is 16.4. The zero-order valence-corrected chi connectivity index (χ0v) is 17.8. The Morgan fingerprint density at radius 3 is 2.80 bits per heavy atom. The molecule has 0 amide bonds. The molecule has 5 N–H and O–H groups in total. The summed E-state index contributed by atoms with van der Waals surface area (Å²) in [5.41, 5.74) is 14.0. The predicted octanol–water partition coefficient (Wildman–Crippen LogP) is 2.96. The summed E-state index contributed by atoms with van der Waals surface area (Å²) in [5, 5.41) is 7.71. The lowest BCUT2D eigenvalue weighted by Gasteiger charge is -2.29. The Kier molecular flexibility index (Phi) is 5.53. The van der Waals surface area contributed by atoms with Crippen LogP contribution in [-0.4, -0.2) is 46.5 Å². The van der Waals surface area contributed by atoms with E-state index < -0.39 is 5.56 Å². The summed E-state index contributed by atoms with van der Waals surface area (Å²) in [5.74, 6) is 0.630. The molecule has 9 heteroatoms. The lowest BCUT2D eigenvalue weighted by atomic mass is 10.0. The van der Waals surface area contributed by atoms with E-state index in [1.807, 2.05) is 19.1 Å². The molecule has 0 unspecified atom stereocenters. The molecule has 0 bridgehead atoms. The number of rotatable bonds is 4. The summed E-state index contributed by atoms with van der Waals surface area (Å²) in [6.45, 7) is 7.03. The Bertz CT molecular complexity index is 1170. The highest BCUT2D eigenvalue weighted by Gasteiger charge is 2.26. The van der Waals surface area contributed by atoms with Gasteiger partial charge in [-0.2, -0.15) is 5.10 Å². The summed E-state index contributed by atoms with van der Waals surface area (Å²) in [7, 11) is 0. The highest BCUT2D eigenvalue weighted by Crippen LogP contribution is 2.32. The third-order valence-corrected chi connectivity index (χ3v) is 5.95. The largest absolute Gasteiger partial charge is 0.454 e. The van der Waals surface area contributed by atoms with Crippen molar-refractivity contribution in [2.75, 3.05) is 31.1 Å². The second-order valence-corrected chi connectivity index (χ2v) is 8.00. The fraction of sp³-hybridized carbons (Fsp3) is 0.381. The average molecular weight is 429 g/mol. The Balaban J connectivity index is 1.89. The van der Waals surface area contributed by atoms with Crippen LogP contribution in [-0.2, 0) is 0 Å². The number of H-pyrrole nitrogens is 1. The molecule has 1 fully saturated rings. The molecule has 8 nitrogen and oxygen atoms in total. The number of piperidine rings is 1. The Labute approximate surface area is 178 Å². The van der Waals surface area contributed by atoms with Crippen molar-refractivity contribution in [2.45, 2.75) is 32.7 Å². The minimum atomic E-state index is -0.510. The van der Waals surface area contributed by atoms with Crippen molar-refractivity contribution < 1.29 is 4.42 Å². The molecule has 3 heterocycles. The lowest BCUT2D eigenvalue weighted by molar-refractivity contribution is 0.224. The topological polar surface area (TPSA) is 127 Å². The monoisotopic (exact) mass is 428 g/mol. The minimum absolute atomic E-state index is 0.0230. The molecule has 1 aromatic carbocycles. The molecule has 1 saturated heterocycles. The summed E-state index contributed by atoms with van der Waals surface area (Å²) in [4.78, 5) is 19.6. The maximum atomic E-state index is 12.2. The number of fused-ring (bicyclic) bond motifs is 1. The van der Waals surface area contributed by atoms with Crippen LogP contribution >= 0.6 is 11.6 Å². The number of furan rings is 1. The first-order valence-electron chi connectivity index (χ1n) is 10.0. The van der Waals surface area contributed by atoms with Gasteiger partial charge >= 0.3 is 0 Å². The van der Waals surface area contributed by atoms with Gasteiger partial charge in [0.15, 0.2) is 11.6 Å². The maximum absolute atomic E-state index is 12.2. The summed E-state index contributed by atoms with van der Waals surface area (Å²) < 4.78 is 6.15. The molecule has 0 saturated carbocycles. The van der Waals surface area contributed by atoms with Gasteiger partial charge in [-0.15, -0.1) is 0 Å². The van der Waals surface area contributed by atoms with Crippen LogP contribution in [0.25, 0.3) is 11.0 Å². The number of aryl methyl sites for hydroxylation is 1. The number of nitrogens with two attached hydrogens (primary N) is 2. The Hall–Kier alpha value is -2.84. The zero-order chi connectivity index (χ0) is 21.4. The minimum Gasteiger partial charge on any atom is -0.454 e. The molecule has 0 atom stereocenters. The van der Waals surface area contributed by atoms with E-state index in [9.17, 15) is 4.79 Å². The van der Waals surface area contributed by atoms with E-state index in [-0.39, 0.29) is 17.5 Å². The quantitative estimate of drug-likeness (QED) is 0.548. The molecular weight excluding hydrogens is 404 g/mol. The van der Waals surface area contributed by atoms with Gasteiger partial charge in [0, 0.05) is 29.1 Å². The first kappa shape index (κ1) is 20.4. The number of likely N-dealkylation sites (tertiary alicyclic amines) is 1. The summed E-state index contributed by atoms with van der Waals surface area (Å²) in [6, 6.07) is 5.50. The van der Waals surface area contributed by atoms with E-state index in [1.54, 1.807) is 6.07 Å². The number of hydrogen-bond acceptors (Lipinski definition) is 7. The van der Waals surface area contributed by atoms with Crippen LogP contribution in [0.5, 0.6) is 0 Å². The third-order valence-electron chi connectivity index (χ3n) is 5.71. The molecule has 30 heavy (non-hydrogen) atoms. The van der Waals surface area contributed by atoms with E-state index >= 15 is 0 Å². The van der Waals surface area contributed by atoms with Crippen molar-refractivity contribution in [1.29, 1.82) is 0 Å². The smallest absolute Gasteiger partial charge is 0.288 e. The molecule has 3 aromatic rings. The molecule has 1 aliphatic rings. The SMILES string of the molecule is CCN1CCC(N=C(c2oc3ccc(Cl)cc3c2C)c2c(N)n[nH]c(=O)c2N)CC1. The summed E-state index contributed by atoms with van der Waals surface area (Å²) in [6.07, 6.45) is 1.80. The number of nitrogens with one attached hydrogen (secondary N) is 1. The molecule has 158 valence electrons. The molecule has 0 aliphatic carbocycles. The fourth-order valence-corrected chi connectivity index (χ4v) is 4.10. The molecule has 2 aromatic heterocycles. The van der Waals surface area contributed by atoms with Crippen LogP contribution in [0.2, 0.25) is 5.02 Å². The number of nitrogen functional groups attached to an aromatic ring is 2. The van der Waals surface area contributed by atoms with Crippen molar-refractivity contribution in [3.8, 4) is 0 Å². The van der Waals surface area contributed by atoms with Crippen molar-refractivity contribution in [3.63, 3.8) is 0 Å². The van der Waals surface area contributed by atoms with Gasteiger partial charge in [-0.3, -0.25) is 9.79 Å². The first-order valence-corrected chi connectivity index (χ1v) is 10.4. The highest BCUT2D eigenvalue weighted by molar-refractivity contribution is 6.31. The number of aliphatic imine (C=N–C) groups is 1. The van der Waals surface area contributed by atoms with Crippen molar-refractivity contribution in [3.05, 3.63) is 50.5 Å². The van der Waals surface area contributed by atoms with E-state index in [1.165, 1.54) is 0 Å². The van der Waals surface area contributed by atoms with Gasteiger partial charge in [-0.1, -0.05) is 18.5 Å².